The summed E-state index contributed by atoms with van der Waals surface area (Å²) in [6.45, 7) is 17.6. The molecular weight excluding hydrogens is 797 g/mol. The quantitative estimate of drug-likeness (QED) is 0.0306. The zero-order valence-electron chi connectivity index (χ0n) is 44.5. The second-order valence-corrected chi connectivity index (χ2v) is 19.5. The number of hydrogen-bond acceptors (Lipinski definition) is 5. The largest absolute Gasteiger partial charge is 0.465 e. The molecule has 8 nitrogen and oxygen atoms in total. The maximum Gasteiger partial charge on any atom is 0.404 e. The molecule has 0 heterocycles. The van der Waals surface area contributed by atoms with Crippen molar-refractivity contribution >= 4 is 12.0 Å². The predicted molar refractivity (Wildman–Crippen MR) is 281 cm³/mol. The van der Waals surface area contributed by atoms with Crippen LogP contribution in [0.25, 0.3) is 0 Å². The first-order valence-corrected chi connectivity index (χ1v) is 28.1. The summed E-state index contributed by atoms with van der Waals surface area (Å²) < 4.78 is 4.91. The molecule has 388 valence electrons. The standard InChI is InChI=1S/C19H40O2.C19H40.C13H26N2O3.C5H12O/c1-2-3-4-5-6-7-8-9-10-11-12-13-14-15-16-17-18-21-19-20;1-3-5-7-9-11-13-15-17-19-18-16-14-12-10-8-6-4-2;1-11(2)7-6-10-14-12(16)8-4-3-5-9-15-13(17)18;1-5(2)3-4-6/h20H,2-19H2,1H3;3-19H2,1-2H3;11,15H,3-10H2,1-2H3,(H,14,16)(H,17,18);5-6H,3-4H2,1-2H3. The van der Waals surface area contributed by atoms with Crippen LogP contribution in [0.2, 0.25) is 0 Å². The molecule has 0 bridgehead atoms. The van der Waals surface area contributed by atoms with Crippen LogP contribution >= 0.6 is 0 Å². The summed E-state index contributed by atoms with van der Waals surface area (Å²) in [6.07, 6.45) is 52.3. The van der Waals surface area contributed by atoms with Crippen molar-refractivity contribution in [3.63, 3.8) is 0 Å². The maximum absolute atomic E-state index is 11.4. The van der Waals surface area contributed by atoms with E-state index >= 15 is 0 Å². The molecule has 64 heavy (non-hydrogen) atoms. The fourth-order valence-electron chi connectivity index (χ4n) is 7.48. The first kappa shape index (κ1) is 69.2. The smallest absolute Gasteiger partial charge is 0.404 e. The summed E-state index contributed by atoms with van der Waals surface area (Å²) in [5.41, 5.74) is 0. The first-order valence-electron chi connectivity index (χ1n) is 28.1. The van der Waals surface area contributed by atoms with Crippen LogP contribution in [-0.4, -0.2) is 60.4 Å². The third-order valence-corrected chi connectivity index (χ3v) is 11.8. The van der Waals surface area contributed by atoms with Crippen molar-refractivity contribution in [1.29, 1.82) is 0 Å². The molecule has 0 spiro atoms. The lowest BCUT2D eigenvalue weighted by Crippen LogP contribution is -2.24. The number of carbonyl (C=O) groups is 2. The molecule has 0 rings (SSSR count). The van der Waals surface area contributed by atoms with E-state index in [2.05, 4.69) is 59.1 Å². The second kappa shape index (κ2) is 65.9. The van der Waals surface area contributed by atoms with Gasteiger partial charge >= 0.3 is 6.09 Å². The van der Waals surface area contributed by atoms with E-state index in [-0.39, 0.29) is 12.7 Å². The maximum atomic E-state index is 11.4. The summed E-state index contributed by atoms with van der Waals surface area (Å²) >= 11 is 0. The molecule has 0 aliphatic carbocycles. The number of nitrogens with one attached hydrogen (secondary N) is 2. The van der Waals surface area contributed by atoms with Crippen LogP contribution in [0, 0.1) is 11.8 Å². The number of ether oxygens (including phenoxy) is 1. The molecule has 0 aromatic carbocycles. The van der Waals surface area contributed by atoms with Crippen molar-refractivity contribution in [2.75, 3.05) is 33.1 Å². The Kier molecular flexibility index (Phi) is 71.2. The Hall–Kier alpha value is -1.38. The molecule has 8 heteroatoms. The normalized spacial score (nSPS) is 10.8. The minimum atomic E-state index is -0.988. The van der Waals surface area contributed by atoms with Gasteiger partial charge in [-0.25, -0.2) is 4.79 Å². The summed E-state index contributed by atoms with van der Waals surface area (Å²) in [7, 11) is 0. The number of aliphatic hydroxyl groups excluding tert-OH is 2. The third-order valence-electron chi connectivity index (χ3n) is 11.8. The number of hydrogen-bond donors (Lipinski definition) is 5. The number of unbranched alkanes of at least 4 members (excludes halogenated alkanes) is 33. The van der Waals surface area contributed by atoms with Crippen molar-refractivity contribution < 1.29 is 29.6 Å². The van der Waals surface area contributed by atoms with Crippen molar-refractivity contribution in [2.24, 2.45) is 11.8 Å². The molecule has 0 aliphatic rings. The van der Waals surface area contributed by atoms with E-state index in [0.717, 1.165) is 58.1 Å². The zero-order chi connectivity index (χ0) is 48.3. The minimum absolute atomic E-state index is 0.102. The SMILES string of the molecule is CC(C)CCCNC(=O)CCCCCNC(=O)O.CC(C)CCO.CCCCCCCCCCCCCCCCCCC.CCCCCCCCCCCCCCCCCCOCO. The van der Waals surface area contributed by atoms with Gasteiger partial charge in [0, 0.05) is 32.7 Å². The van der Waals surface area contributed by atoms with Crippen LogP contribution in [0.15, 0.2) is 0 Å². The van der Waals surface area contributed by atoms with Crippen LogP contribution in [0.1, 0.15) is 305 Å². The second-order valence-electron chi connectivity index (χ2n) is 19.5. The Balaban J connectivity index is -0.000000396. The highest BCUT2D eigenvalue weighted by molar-refractivity contribution is 5.75. The lowest BCUT2D eigenvalue weighted by molar-refractivity contribution is -0.121. The monoisotopic (exact) mass is 915 g/mol. The zero-order valence-corrected chi connectivity index (χ0v) is 44.5. The molecule has 0 unspecified atom stereocenters. The van der Waals surface area contributed by atoms with Gasteiger partial charge in [-0.1, -0.05) is 260 Å². The van der Waals surface area contributed by atoms with E-state index in [1.54, 1.807) is 0 Å². The lowest BCUT2D eigenvalue weighted by atomic mass is 10.0. The predicted octanol–water partition coefficient (Wildman–Crippen LogP) is 17.3. The summed E-state index contributed by atoms with van der Waals surface area (Å²) in [4.78, 5) is 21.6. The average molecular weight is 916 g/mol. The number of carbonyl (C=O) groups excluding carboxylic acids is 1. The molecule has 2 amide bonds. The Bertz CT molecular complexity index is 793. The van der Waals surface area contributed by atoms with E-state index in [4.69, 9.17) is 20.1 Å². The Morgan fingerprint density at radius 1 is 0.406 bits per heavy atom. The van der Waals surface area contributed by atoms with Gasteiger partial charge in [0.05, 0.1) is 0 Å². The summed E-state index contributed by atoms with van der Waals surface area (Å²) in [5, 5.41) is 30.2. The highest BCUT2D eigenvalue weighted by atomic mass is 16.6. The highest BCUT2D eigenvalue weighted by Crippen LogP contribution is 2.15. The number of aliphatic hydroxyl groups is 2. The van der Waals surface area contributed by atoms with Crippen LogP contribution in [0.4, 0.5) is 4.79 Å². The van der Waals surface area contributed by atoms with Gasteiger partial charge in [0.25, 0.3) is 0 Å². The molecule has 0 aromatic rings. The van der Waals surface area contributed by atoms with Crippen LogP contribution < -0.4 is 10.6 Å². The van der Waals surface area contributed by atoms with E-state index < -0.39 is 6.09 Å². The molecule has 0 saturated heterocycles. The third kappa shape index (κ3) is 80.9. The van der Waals surface area contributed by atoms with Crippen LogP contribution in [-0.2, 0) is 9.53 Å². The average Bonchev–Trinajstić information content (AvgIpc) is 3.26. The Morgan fingerprint density at radius 2 is 0.719 bits per heavy atom. The number of carboxylic acid groups (broad SMARTS) is 1. The molecule has 0 aliphatic heterocycles. The van der Waals surface area contributed by atoms with Crippen LogP contribution in [0.5, 0.6) is 0 Å². The van der Waals surface area contributed by atoms with Crippen molar-refractivity contribution in [1.82, 2.24) is 10.6 Å². The fourth-order valence-corrected chi connectivity index (χ4v) is 7.48. The topological polar surface area (TPSA) is 128 Å². The Morgan fingerprint density at radius 3 is 1.00 bits per heavy atom. The van der Waals surface area contributed by atoms with Gasteiger partial charge in [-0.2, -0.15) is 0 Å². The first-order chi connectivity index (χ1) is 31.1. The Labute approximate surface area is 401 Å². The molecule has 0 aromatic heterocycles. The summed E-state index contributed by atoms with van der Waals surface area (Å²) in [5.74, 6) is 1.43. The van der Waals surface area contributed by atoms with Crippen molar-refractivity contribution in [3.05, 3.63) is 0 Å². The fraction of sp³-hybridized carbons (Fsp3) is 0.964. The molecule has 0 saturated carbocycles. The van der Waals surface area contributed by atoms with Gasteiger partial charge in [-0.3, -0.25) is 4.79 Å². The van der Waals surface area contributed by atoms with E-state index in [1.165, 1.54) is 205 Å². The van der Waals surface area contributed by atoms with Gasteiger partial charge < -0.3 is 30.7 Å². The number of amides is 2. The molecular formula is C56H118N2O6. The molecule has 0 fully saturated rings. The van der Waals surface area contributed by atoms with E-state index in [9.17, 15) is 9.59 Å². The van der Waals surface area contributed by atoms with Crippen molar-refractivity contribution in [2.45, 2.75) is 305 Å². The van der Waals surface area contributed by atoms with E-state index in [1.807, 2.05) is 0 Å². The van der Waals surface area contributed by atoms with Gasteiger partial charge in [0.1, 0.15) is 6.79 Å². The molecule has 5 N–H and O–H groups in total. The number of rotatable bonds is 46. The van der Waals surface area contributed by atoms with Gasteiger partial charge in [0.15, 0.2) is 0 Å². The van der Waals surface area contributed by atoms with Crippen molar-refractivity contribution in [3.8, 4) is 0 Å². The lowest BCUT2D eigenvalue weighted by Gasteiger charge is -2.06. The minimum Gasteiger partial charge on any atom is -0.465 e. The van der Waals surface area contributed by atoms with Gasteiger partial charge in [-0.05, 0) is 50.4 Å². The summed E-state index contributed by atoms with van der Waals surface area (Å²) in [6, 6.07) is 0. The molecule has 0 atom stereocenters. The van der Waals surface area contributed by atoms with Gasteiger partial charge in [0.2, 0.25) is 5.91 Å². The van der Waals surface area contributed by atoms with Gasteiger partial charge in [-0.15, -0.1) is 0 Å². The van der Waals surface area contributed by atoms with Crippen LogP contribution in [0.3, 0.4) is 0 Å². The molecule has 0 radical (unpaired) electrons. The highest BCUT2D eigenvalue weighted by Gasteiger charge is 2.02. The van der Waals surface area contributed by atoms with E-state index in [0.29, 0.717) is 31.4 Å².